The number of aromatic nitrogens is 1. The maximum absolute atomic E-state index is 13.7. The Morgan fingerprint density at radius 2 is 1.70 bits per heavy atom. The first-order valence-corrected chi connectivity index (χ1v) is 15.0. The molecular weight excluding hydrogens is 526 g/mol. The average Bonchev–Trinajstić information content (AvgIpc) is 3.35. The summed E-state index contributed by atoms with van der Waals surface area (Å²) < 4.78 is 28.9. The van der Waals surface area contributed by atoms with Crippen molar-refractivity contribution < 1.29 is 13.2 Å². The van der Waals surface area contributed by atoms with Crippen LogP contribution in [0.4, 0.5) is 5.13 Å². The number of hydrogen-bond acceptors (Lipinski definition) is 5. The second-order valence-electron chi connectivity index (χ2n) is 9.32. The van der Waals surface area contributed by atoms with Gasteiger partial charge < -0.3 is 0 Å². The molecule has 5 rings (SSSR count). The topological polar surface area (TPSA) is 70.6 Å². The van der Waals surface area contributed by atoms with Crippen molar-refractivity contribution in [2.24, 2.45) is 0 Å². The summed E-state index contributed by atoms with van der Waals surface area (Å²) in [4.78, 5) is 20.3. The fourth-order valence-corrected chi connectivity index (χ4v) is 7.38. The Morgan fingerprint density at radius 1 is 1.00 bits per heavy atom. The molecule has 0 bridgehead atoms. The van der Waals surface area contributed by atoms with Crippen LogP contribution in [0, 0.1) is 0 Å². The molecule has 4 aromatic rings. The third kappa shape index (κ3) is 5.57. The normalized spacial score (nSPS) is 14.8. The molecule has 0 saturated heterocycles. The zero-order valence-electron chi connectivity index (χ0n) is 20.5. The third-order valence-corrected chi connectivity index (χ3v) is 10.1. The largest absolute Gasteiger partial charge is 0.279 e. The van der Waals surface area contributed by atoms with Crippen molar-refractivity contribution in [3.8, 4) is 0 Å². The molecule has 9 heteroatoms. The number of nitrogens with zero attached hydrogens (tertiary/aromatic N) is 3. The van der Waals surface area contributed by atoms with Gasteiger partial charge in [0.15, 0.2) is 5.13 Å². The predicted octanol–water partition coefficient (Wildman–Crippen LogP) is 6.75. The van der Waals surface area contributed by atoms with Crippen LogP contribution in [0.15, 0.2) is 77.7 Å². The maximum atomic E-state index is 13.7. The van der Waals surface area contributed by atoms with Crippen LogP contribution < -0.4 is 4.90 Å². The van der Waals surface area contributed by atoms with Gasteiger partial charge in [-0.1, -0.05) is 72.5 Å². The van der Waals surface area contributed by atoms with E-state index in [1.165, 1.54) is 27.8 Å². The second-order valence-corrected chi connectivity index (χ2v) is 12.8. The van der Waals surface area contributed by atoms with Gasteiger partial charge in [-0.3, -0.25) is 9.69 Å². The minimum atomic E-state index is -3.64. The standard InChI is InChI=1S/C28H28ClN3O3S2/c1-31(23-10-6-3-7-11-23)37(34,35)24-15-12-21(13-16-24)27(33)32(19-20-8-4-2-5-9-20)28-30-25-17-14-22(29)18-26(25)36-28/h2,4-5,8-9,12-18,23H,3,6-7,10-11,19H2,1H3. The molecule has 1 fully saturated rings. The average molecular weight is 554 g/mol. The summed E-state index contributed by atoms with van der Waals surface area (Å²) in [5.74, 6) is -0.251. The number of benzene rings is 3. The van der Waals surface area contributed by atoms with Crippen molar-refractivity contribution in [3.05, 3.63) is 88.9 Å². The molecule has 0 aliphatic heterocycles. The van der Waals surface area contributed by atoms with Gasteiger partial charge in [0, 0.05) is 23.7 Å². The Kier molecular flexibility index (Phi) is 7.62. The molecule has 1 amide bonds. The van der Waals surface area contributed by atoms with Crippen molar-refractivity contribution in [3.63, 3.8) is 0 Å². The van der Waals surface area contributed by atoms with Gasteiger partial charge in [0.1, 0.15) is 0 Å². The van der Waals surface area contributed by atoms with Crippen LogP contribution >= 0.6 is 22.9 Å². The van der Waals surface area contributed by atoms with Crippen LogP contribution in [0.1, 0.15) is 48.0 Å². The van der Waals surface area contributed by atoms with E-state index in [4.69, 9.17) is 16.6 Å². The fraction of sp³-hybridized carbons (Fsp3) is 0.286. The molecule has 1 aliphatic carbocycles. The van der Waals surface area contributed by atoms with Crippen molar-refractivity contribution >= 4 is 54.2 Å². The van der Waals surface area contributed by atoms with E-state index in [1.807, 2.05) is 42.5 Å². The minimum absolute atomic E-state index is 0.0222. The van der Waals surface area contributed by atoms with Crippen molar-refractivity contribution in [1.82, 2.24) is 9.29 Å². The second kappa shape index (κ2) is 10.9. The van der Waals surface area contributed by atoms with Gasteiger partial charge in [-0.15, -0.1) is 0 Å². The summed E-state index contributed by atoms with van der Waals surface area (Å²) in [6.07, 6.45) is 5.02. The SMILES string of the molecule is CN(C1CCCCC1)S(=O)(=O)c1ccc(C(=O)N(Cc2ccccc2)c2nc3ccc(Cl)cc3s2)cc1. The zero-order valence-corrected chi connectivity index (χ0v) is 22.9. The maximum Gasteiger partial charge on any atom is 0.260 e. The number of fused-ring (bicyclic) bond motifs is 1. The number of halogens is 1. The molecule has 0 unspecified atom stereocenters. The number of hydrogen-bond donors (Lipinski definition) is 0. The lowest BCUT2D eigenvalue weighted by Gasteiger charge is -2.30. The number of carbonyl (C=O) groups excluding carboxylic acids is 1. The van der Waals surface area contributed by atoms with E-state index in [9.17, 15) is 13.2 Å². The van der Waals surface area contributed by atoms with Crippen LogP contribution in [0.5, 0.6) is 0 Å². The predicted molar refractivity (Wildman–Crippen MR) is 150 cm³/mol. The van der Waals surface area contributed by atoms with Gasteiger partial charge in [-0.05, 0) is 60.9 Å². The first-order valence-electron chi connectivity index (χ1n) is 12.3. The summed E-state index contributed by atoms with van der Waals surface area (Å²) >= 11 is 7.56. The quantitative estimate of drug-likeness (QED) is 0.254. The summed E-state index contributed by atoms with van der Waals surface area (Å²) in [6, 6.07) is 21.4. The van der Waals surface area contributed by atoms with Crippen LogP contribution in [0.25, 0.3) is 10.2 Å². The van der Waals surface area contributed by atoms with Gasteiger partial charge in [0.05, 0.1) is 21.7 Å². The molecule has 1 saturated carbocycles. The molecule has 1 heterocycles. The molecule has 0 radical (unpaired) electrons. The number of rotatable bonds is 7. The Labute approximate surface area is 226 Å². The highest BCUT2D eigenvalue weighted by atomic mass is 35.5. The molecule has 6 nitrogen and oxygen atoms in total. The molecular formula is C28H28ClN3O3S2. The van der Waals surface area contributed by atoms with Gasteiger partial charge in [-0.2, -0.15) is 4.31 Å². The number of anilines is 1. The third-order valence-electron chi connectivity index (χ3n) is 6.87. The van der Waals surface area contributed by atoms with Crippen LogP contribution in [-0.2, 0) is 16.6 Å². The van der Waals surface area contributed by atoms with Gasteiger partial charge in [0.25, 0.3) is 5.91 Å². The highest BCUT2D eigenvalue weighted by Gasteiger charge is 2.29. The van der Waals surface area contributed by atoms with E-state index in [-0.39, 0.29) is 16.8 Å². The van der Waals surface area contributed by atoms with E-state index in [0.29, 0.717) is 22.3 Å². The molecule has 1 aliphatic rings. The minimum Gasteiger partial charge on any atom is -0.279 e. The monoisotopic (exact) mass is 553 g/mol. The Balaban J connectivity index is 1.44. The fourth-order valence-electron chi connectivity index (χ4n) is 4.73. The Morgan fingerprint density at radius 3 is 2.41 bits per heavy atom. The van der Waals surface area contributed by atoms with E-state index < -0.39 is 10.0 Å². The summed E-state index contributed by atoms with van der Waals surface area (Å²) in [5, 5.41) is 1.17. The van der Waals surface area contributed by atoms with Crippen LogP contribution in [-0.4, -0.2) is 36.7 Å². The van der Waals surface area contributed by atoms with Gasteiger partial charge in [0.2, 0.25) is 10.0 Å². The molecule has 1 aromatic heterocycles. The Hall–Kier alpha value is -2.78. The highest BCUT2D eigenvalue weighted by Crippen LogP contribution is 2.33. The zero-order chi connectivity index (χ0) is 26.0. The summed E-state index contributed by atoms with van der Waals surface area (Å²) in [5.41, 5.74) is 2.12. The van der Waals surface area contributed by atoms with E-state index in [0.717, 1.165) is 47.9 Å². The van der Waals surface area contributed by atoms with E-state index in [1.54, 1.807) is 30.1 Å². The number of sulfonamides is 1. The van der Waals surface area contributed by atoms with Crippen molar-refractivity contribution in [2.45, 2.75) is 49.6 Å². The van der Waals surface area contributed by atoms with Crippen molar-refractivity contribution in [1.29, 1.82) is 0 Å². The lowest BCUT2D eigenvalue weighted by atomic mass is 9.96. The smallest absolute Gasteiger partial charge is 0.260 e. The molecule has 0 spiro atoms. The lowest BCUT2D eigenvalue weighted by Crippen LogP contribution is -2.38. The van der Waals surface area contributed by atoms with Gasteiger partial charge in [-0.25, -0.2) is 13.4 Å². The lowest BCUT2D eigenvalue weighted by molar-refractivity contribution is 0.0985. The van der Waals surface area contributed by atoms with Crippen LogP contribution in [0.2, 0.25) is 5.02 Å². The molecule has 0 N–H and O–H groups in total. The number of thiazole rings is 1. The highest BCUT2D eigenvalue weighted by molar-refractivity contribution is 7.89. The molecule has 3 aromatic carbocycles. The summed E-state index contributed by atoms with van der Waals surface area (Å²) in [7, 11) is -1.98. The molecule has 0 atom stereocenters. The van der Waals surface area contributed by atoms with Crippen molar-refractivity contribution in [2.75, 3.05) is 11.9 Å². The number of carbonyl (C=O) groups is 1. The first kappa shape index (κ1) is 25.9. The first-order chi connectivity index (χ1) is 17.8. The van der Waals surface area contributed by atoms with E-state index >= 15 is 0 Å². The summed E-state index contributed by atoms with van der Waals surface area (Å²) in [6.45, 7) is 0.331. The van der Waals surface area contributed by atoms with Crippen LogP contribution in [0.3, 0.4) is 0 Å². The van der Waals surface area contributed by atoms with E-state index in [2.05, 4.69) is 0 Å². The number of amides is 1. The van der Waals surface area contributed by atoms with Gasteiger partial charge >= 0.3 is 0 Å². The molecule has 37 heavy (non-hydrogen) atoms. The Bertz CT molecular complexity index is 1500. The molecule has 192 valence electrons.